The highest BCUT2D eigenvalue weighted by Gasteiger charge is 2.25. The van der Waals surface area contributed by atoms with Crippen LogP contribution >= 0.6 is 0 Å². The van der Waals surface area contributed by atoms with Gasteiger partial charge in [-0.15, -0.1) is 0 Å². The lowest BCUT2D eigenvalue weighted by Gasteiger charge is -2.32. The summed E-state index contributed by atoms with van der Waals surface area (Å²) in [5.74, 6) is 0.970. The number of para-hydroxylation sites is 1. The van der Waals surface area contributed by atoms with Gasteiger partial charge < -0.3 is 9.47 Å². The number of rotatable bonds is 5. The van der Waals surface area contributed by atoms with E-state index in [4.69, 9.17) is 0 Å². The summed E-state index contributed by atoms with van der Waals surface area (Å²) in [7, 11) is 0. The third kappa shape index (κ3) is 4.06. The van der Waals surface area contributed by atoms with Crippen LogP contribution in [0.25, 0.3) is 10.9 Å². The van der Waals surface area contributed by atoms with E-state index in [9.17, 15) is 4.79 Å². The van der Waals surface area contributed by atoms with Crippen molar-refractivity contribution >= 4 is 16.8 Å². The van der Waals surface area contributed by atoms with Crippen LogP contribution in [-0.2, 0) is 11.3 Å². The highest BCUT2D eigenvalue weighted by atomic mass is 16.2. The first-order chi connectivity index (χ1) is 13.1. The standard InChI is InChI=1S/C23H33N3O/c1-18(2)26-17-20(21-7-3-4-8-22(21)26)16-24-13-9-19(10-14-24)15-23(27)25-11-5-6-12-25/h3-4,7-8,17-19H,5-6,9-16H2,1-2H3. The van der Waals surface area contributed by atoms with Crippen LogP contribution in [0.5, 0.6) is 0 Å². The average Bonchev–Trinajstić information content (AvgIpc) is 3.32. The molecule has 0 saturated carbocycles. The SMILES string of the molecule is CC(C)n1cc(CN2CCC(CC(=O)N3CCCC3)CC2)c2ccccc21. The fourth-order valence-corrected chi connectivity index (χ4v) is 4.76. The van der Waals surface area contributed by atoms with Gasteiger partial charge in [0.1, 0.15) is 0 Å². The first kappa shape index (κ1) is 18.5. The minimum Gasteiger partial charge on any atom is -0.345 e. The van der Waals surface area contributed by atoms with Crippen LogP contribution in [0.3, 0.4) is 0 Å². The number of nitrogens with zero attached hydrogens (tertiary/aromatic N) is 3. The zero-order valence-corrected chi connectivity index (χ0v) is 16.9. The van der Waals surface area contributed by atoms with Crippen molar-refractivity contribution in [2.75, 3.05) is 26.2 Å². The molecule has 1 aromatic heterocycles. The second-order valence-electron chi connectivity index (χ2n) is 8.68. The molecule has 2 saturated heterocycles. The predicted molar refractivity (Wildman–Crippen MR) is 111 cm³/mol. The third-order valence-corrected chi connectivity index (χ3v) is 6.40. The third-order valence-electron chi connectivity index (χ3n) is 6.40. The van der Waals surface area contributed by atoms with Gasteiger partial charge in [-0.25, -0.2) is 0 Å². The van der Waals surface area contributed by atoms with E-state index in [2.05, 4.69) is 58.7 Å². The molecule has 2 aliphatic heterocycles. The second-order valence-corrected chi connectivity index (χ2v) is 8.68. The zero-order valence-electron chi connectivity index (χ0n) is 16.9. The Kier molecular flexibility index (Phi) is 5.53. The Labute approximate surface area is 163 Å². The molecule has 27 heavy (non-hydrogen) atoms. The van der Waals surface area contributed by atoms with Gasteiger partial charge in [0.15, 0.2) is 0 Å². The Morgan fingerprint density at radius 1 is 1.07 bits per heavy atom. The van der Waals surface area contributed by atoms with Gasteiger partial charge in [0.25, 0.3) is 0 Å². The molecular weight excluding hydrogens is 334 g/mol. The minimum atomic E-state index is 0.394. The number of aromatic nitrogens is 1. The molecule has 146 valence electrons. The Bertz CT molecular complexity index is 780. The van der Waals surface area contributed by atoms with Gasteiger partial charge >= 0.3 is 0 Å². The van der Waals surface area contributed by atoms with Crippen LogP contribution in [0.1, 0.15) is 57.6 Å². The van der Waals surface area contributed by atoms with Gasteiger partial charge in [0, 0.05) is 49.2 Å². The van der Waals surface area contributed by atoms with Crippen molar-refractivity contribution in [3.05, 3.63) is 36.0 Å². The predicted octanol–water partition coefficient (Wildman–Crippen LogP) is 4.45. The summed E-state index contributed by atoms with van der Waals surface area (Å²) in [5, 5.41) is 1.39. The van der Waals surface area contributed by atoms with E-state index in [1.165, 1.54) is 29.3 Å². The molecule has 2 aromatic rings. The molecule has 0 radical (unpaired) electrons. The quantitative estimate of drug-likeness (QED) is 0.781. The highest BCUT2D eigenvalue weighted by Crippen LogP contribution is 2.28. The van der Waals surface area contributed by atoms with Gasteiger partial charge in [-0.3, -0.25) is 9.69 Å². The zero-order chi connectivity index (χ0) is 18.8. The summed E-state index contributed by atoms with van der Waals surface area (Å²) < 4.78 is 2.39. The molecule has 2 aliphatic rings. The highest BCUT2D eigenvalue weighted by molar-refractivity contribution is 5.84. The van der Waals surface area contributed by atoms with E-state index in [0.29, 0.717) is 17.9 Å². The fourth-order valence-electron chi connectivity index (χ4n) is 4.76. The van der Waals surface area contributed by atoms with Crippen molar-refractivity contribution in [2.45, 2.75) is 58.5 Å². The van der Waals surface area contributed by atoms with Crippen LogP contribution in [-0.4, -0.2) is 46.5 Å². The number of hydrogen-bond acceptors (Lipinski definition) is 2. The van der Waals surface area contributed by atoms with Crippen LogP contribution < -0.4 is 0 Å². The lowest BCUT2D eigenvalue weighted by atomic mass is 9.92. The number of likely N-dealkylation sites (tertiary alicyclic amines) is 2. The van der Waals surface area contributed by atoms with Gasteiger partial charge in [-0.05, 0) is 70.2 Å². The van der Waals surface area contributed by atoms with Gasteiger partial charge in [0.2, 0.25) is 5.91 Å². The molecule has 4 heteroatoms. The fraction of sp³-hybridized carbons (Fsp3) is 0.609. The molecule has 0 bridgehead atoms. The van der Waals surface area contributed by atoms with Gasteiger partial charge in [-0.1, -0.05) is 18.2 Å². The Hall–Kier alpha value is -1.81. The van der Waals surface area contributed by atoms with Crippen molar-refractivity contribution in [1.29, 1.82) is 0 Å². The molecule has 0 atom stereocenters. The lowest BCUT2D eigenvalue weighted by Crippen LogP contribution is -2.36. The molecule has 0 aliphatic carbocycles. The molecule has 0 spiro atoms. The normalized spacial score (nSPS) is 19.4. The van der Waals surface area contributed by atoms with Crippen LogP contribution in [0.15, 0.2) is 30.5 Å². The smallest absolute Gasteiger partial charge is 0.222 e. The molecule has 4 rings (SSSR count). The maximum atomic E-state index is 12.4. The number of carbonyl (C=O) groups excluding carboxylic acids is 1. The number of piperidine rings is 1. The molecule has 3 heterocycles. The van der Waals surface area contributed by atoms with Crippen molar-refractivity contribution in [1.82, 2.24) is 14.4 Å². The summed E-state index contributed by atoms with van der Waals surface area (Å²) in [4.78, 5) is 17.1. The van der Waals surface area contributed by atoms with Crippen LogP contribution in [0.2, 0.25) is 0 Å². The van der Waals surface area contributed by atoms with Crippen LogP contribution in [0.4, 0.5) is 0 Å². The topological polar surface area (TPSA) is 28.5 Å². The average molecular weight is 368 g/mol. The van der Waals surface area contributed by atoms with E-state index < -0.39 is 0 Å². The van der Waals surface area contributed by atoms with Gasteiger partial charge in [0.05, 0.1) is 0 Å². The summed E-state index contributed by atoms with van der Waals surface area (Å²) in [5.41, 5.74) is 2.78. The van der Waals surface area contributed by atoms with Crippen molar-refractivity contribution < 1.29 is 4.79 Å². The number of hydrogen-bond donors (Lipinski definition) is 0. The lowest BCUT2D eigenvalue weighted by molar-refractivity contribution is -0.131. The van der Waals surface area contributed by atoms with E-state index in [1.54, 1.807) is 0 Å². The van der Waals surface area contributed by atoms with Crippen molar-refractivity contribution in [2.24, 2.45) is 5.92 Å². The van der Waals surface area contributed by atoms with E-state index >= 15 is 0 Å². The van der Waals surface area contributed by atoms with Crippen molar-refractivity contribution in [3.63, 3.8) is 0 Å². The Morgan fingerprint density at radius 2 is 1.78 bits per heavy atom. The molecule has 2 fully saturated rings. The summed E-state index contributed by atoms with van der Waals surface area (Å²) >= 11 is 0. The Morgan fingerprint density at radius 3 is 2.48 bits per heavy atom. The first-order valence-electron chi connectivity index (χ1n) is 10.7. The molecule has 0 unspecified atom stereocenters. The second kappa shape index (κ2) is 8.05. The number of benzene rings is 1. The van der Waals surface area contributed by atoms with E-state index in [0.717, 1.165) is 52.0 Å². The minimum absolute atomic E-state index is 0.394. The molecule has 0 N–H and O–H groups in total. The monoisotopic (exact) mass is 367 g/mol. The number of carbonyl (C=O) groups is 1. The van der Waals surface area contributed by atoms with Crippen molar-refractivity contribution in [3.8, 4) is 0 Å². The number of amides is 1. The summed E-state index contributed by atoms with van der Waals surface area (Å²) in [6.07, 6.45) is 7.80. The maximum absolute atomic E-state index is 12.4. The summed E-state index contributed by atoms with van der Waals surface area (Å²) in [6.45, 7) is 9.71. The molecule has 4 nitrogen and oxygen atoms in total. The number of fused-ring (bicyclic) bond motifs is 1. The Balaban J connectivity index is 1.35. The first-order valence-corrected chi connectivity index (χ1v) is 10.7. The maximum Gasteiger partial charge on any atom is 0.222 e. The van der Waals surface area contributed by atoms with Gasteiger partial charge in [-0.2, -0.15) is 0 Å². The van der Waals surface area contributed by atoms with E-state index in [1.807, 2.05) is 0 Å². The summed E-state index contributed by atoms with van der Waals surface area (Å²) in [6, 6.07) is 9.24. The molecule has 1 amide bonds. The van der Waals surface area contributed by atoms with Crippen LogP contribution in [0, 0.1) is 5.92 Å². The van der Waals surface area contributed by atoms with E-state index in [-0.39, 0.29) is 0 Å². The largest absolute Gasteiger partial charge is 0.345 e. The molecule has 1 aromatic carbocycles. The molecular formula is C23H33N3O.